The number of amides is 1. The van der Waals surface area contributed by atoms with Crippen LogP contribution in [0.1, 0.15) is 32.0 Å². The fourth-order valence-electron chi connectivity index (χ4n) is 4.25. The van der Waals surface area contributed by atoms with Crippen LogP contribution in [0.2, 0.25) is 0 Å². The topological polar surface area (TPSA) is 92.8 Å². The van der Waals surface area contributed by atoms with Gasteiger partial charge in [-0.05, 0) is 54.8 Å². The van der Waals surface area contributed by atoms with Crippen molar-refractivity contribution in [1.29, 1.82) is 0 Å². The first-order valence-electron chi connectivity index (χ1n) is 11.0. The summed E-state index contributed by atoms with van der Waals surface area (Å²) < 4.78 is 33.9. The molecule has 1 N–H and O–H groups in total. The lowest BCUT2D eigenvalue weighted by molar-refractivity contribution is 0.0607. The number of anilines is 2. The molecule has 0 atom stereocenters. The molecule has 1 amide bonds. The number of para-hydroxylation sites is 1. The summed E-state index contributed by atoms with van der Waals surface area (Å²) in [5.74, 6) is -0.990. The van der Waals surface area contributed by atoms with Gasteiger partial charge in [0.25, 0.3) is 15.9 Å². The van der Waals surface area contributed by atoms with Crippen LogP contribution in [0.3, 0.4) is 0 Å². The van der Waals surface area contributed by atoms with Crippen LogP contribution in [-0.2, 0) is 21.2 Å². The molecule has 9 heteroatoms. The number of hydrogen-bond donors (Lipinski definition) is 1. The minimum atomic E-state index is -3.78. The molecule has 0 saturated carbocycles. The number of esters is 1. The van der Waals surface area contributed by atoms with Gasteiger partial charge >= 0.3 is 5.97 Å². The Balaban J connectivity index is 1.42. The molecule has 0 fully saturated rings. The van der Waals surface area contributed by atoms with Crippen molar-refractivity contribution in [2.75, 3.05) is 23.3 Å². The Labute approximate surface area is 207 Å². The van der Waals surface area contributed by atoms with Crippen molar-refractivity contribution in [1.82, 2.24) is 0 Å². The van der Waals surface area contributed by atoms with Gasteiger partial charge in [0.15, 0.2) is 0 Å². The Kier molecular flexibility index (Phi) is 6.04. The zero-order valence-electron chi connectivity index (χ0n) is 18.9. The third kappa shape index (κ3) is 4.17. The minimum absolute atomic E-state index is 0.113. The molecule has 7 nitrogen and oxygen atoms in total. The van der Waals surface area contributed by atoms with Crippen LogP contribution in [-0.4, -0.2) is 33.9 Å². The number of nitrogens with one attached hydrogen (secondary N) is 1. The lowest BCUT2D eigenvalue weighted by Gasteiger charge is -2.30. The number of thiophene rings is 1. The Bertz CT molecular complexity index is 1540. The molecule has 0 unspecified atom stereocenters. The van der Waals surface area contributed by atoms with Gasteiger partial charge in [0.05, 0.1) is 23.4 Å². The summed E-state index contributed by atoms with van der Waals surface area (Å²) >= 11 is 1.24. The number of carbonyl (C=O) groups is 2. The average Bonchev–Trinajstić information content (AvgIpc) is 3.26. The third-order valence-electron chi connectivity index (χ3n) is 5.98. The maximum Gasteiger partial charge on any atom is 0.350 e. The fourth-order valence-corrected chi connectivity index (χ4v) is 6.86. The molecule has 5 rings (SSSR count). The first-order valence-corrected chi connectivity index (χ1v) is 13.3. The van der Waals surface area contributed by atoms with Crippen molar-refractivity contribution < 1.29 is 22.7 Å². The maximum absolute atomic E-state index is 13.4. The van der Waals surface area contributed by atoms with Crippen LogP contribution in [0.25, 0.3) is 10.1 Å². The van der Waals surface area contributed by atoms with Crippen molar-refractivity contribution in [3.05, 3.63) is 88.8 Å². The van der Waals surface area contributed by atoms with E-state index in [0.29, 0.717) is 22.8 Å². The molecular formula is C26H22N2O5S2. The first kappa shape index (κ1) is 23.1. The van der Waals surface area contributed by atoms with Crippen molar-refractivity contribution in [2.24, 2.45) is 0 Å². The van der Waals surface area contributed by atoms with E-state index in [1.54, 1.807) is 0 Å². The van der Waals surface area contributed by atoms with Crippen LogP contribution < -0.4 is 9.62 Å². The number of aryl methyl sites for hydroxylation is 1. The van der Waals surface area contributed by atoms with Gasteiger partial charge in [0.2, 0.25) is 0 Å². The molecule has 0 aliphatic carbocycles. The van der Waals surface area contributed by atoms with E-state index in [9.17, 15) is 18.0 Å². The predicted octanol–water partition coefficient (Wildman–Crippen LogP) is 5.08. The quantitative estimate of drug-likeness (QED) is 0.381. The zero-order valence-corrected chi connectivity index (χ0v) is 20.5. The highest BCUT2D eigenvalue weighted by atomic mass is 32.2. The van der Waals surface area contributed by atoms with Gasteiger partial charge < -0.3 is 10.1 Å². The maximum atomic E-state index is 13.4. The predicted molar refractivity (Wildman–Crippen MR) is 137 cm³/mol. The van der Waals surface area contributed by atoms with Crippen molar-refractivity contribution in [3.63, 3.8) is 0 Å². The molecule has 0 radical (unpaired) electrons. The lowest BCUT2D eigenvalue weighted by atomic mass is 10.0. The first-order chi connectivity index (χ1) is 16.9. The second-order valence-electron chi connectivity index (χ2n) is 8.08. The molecule has 0 bridgehead atoms. The molecule has 3 aromatic carbocycles. The third-order valence-corrected chi connectivity index (χ3v) is 8.96. The summed E-state index contributed by atoms with van der Waals surface area (Å²) in [6.07, 6.45) is 1.58. The van der Waals surface area contributed by atoms with Gasteiger partial charge in [0, 0.05) is 22.2 Å². The van der Waals surface area contributed by atoms with E-state index in [2.05, 4.69) is 5.32 Å². The van der Waals surface area contributed by atoms with Gasteiger partial charge in [-0.1, -0.05) is 36.4 Å². The van der Waals surface area contributed by atoms with Crippen LogP contribution in [0.5, 0.6) is 0 Å². The molecule has 4 aromatic rings. The second kappa shape index (κ2) is 9.16. The number of benzene rings is 3. The molecule has 35 heavy (non-hydrogen) atoms. The normalized spacial score (nSPS) is 13.3. The average molecular weight is 507 g/mol. The standard InChI is InChI=1S/C26H22N2O5S2/c1-33-26(30)24-23(20-9-3-5-11-22(20)34-24)27-25(29)18-12-14-19(15-13-18)35(31,32)28-16-6-8-17-7-2-4-10-21(17)28/h2-5,7,9-15H,6,8,16H2,1H3,(H,27,29). The van der Waals surface area contributed by atoms with Gasteiger partial charge in [-0.15, -0.1) is 11.3 Å². The summed E-state index contributed by atoms with van der Waals surface area (Å²) in [7, 11) is -2.49. The van der Waals surface area contributed by atoms with E-state index in [4.69, 9.17) is 4.74 Å². The molecule has 1 aliphatic heterocycles. The number of methoxy groups -OCH3 is 1. The minimum Gasteiger partial charge on any atom is -0.465 e. The number of ether oxygens (including phenoxy) is 1. The highest BCUT2D eigenvalue weighted by molar-refractivity contribution is 7.92. The summed E-state index contributed by atoms with van der Waals surface area (Å²) in [5, 5.41) is 3.54. The molecule has 1 aromatic heterocycles. The van der Waals surface area contributed by atoms with E-state index >= 15 is 0 Å². The number of hydrogen-bond acceptors (Lipinski definition) is 6. The van der Waals surface area contributed by atoms with Crippen LogP contribution in [0.4, 0.5) is 11.4 Å². The van der Waals surface area contributed by atoms with Gasteiger partial charge in [-0.2, -0.15) is 0 Å². The summed E-state index contributed by atoms with van der Waals surface area (Å²) in [6, 6.07) is 20.7. The molecule has 0 saturated heterocycles. The van der Waals surface area contributed by atoms with E-state index in [-0.39, 0.29) is 10.5 Å². The van der Waals surface area contributed by atoms with Crippen molar-refractivity contribution in [3.8, 4) is 0 Å². The molecule has 178 valence electrons. The molecule has 0 spiro atoms. The number of rotatable bonds is 5. The lowest BCUT2D eigenvalue weighted by Crippen LogP contribution is -2.35. The van der Waals surface area contributed by atoms with Crippen LogP contribution >= 0.6 is 11.3 Å². The Morgan fingerprint density at radius 2 is 1.69 bits per heavy atom. The smallest absolute Gasteiger partial charge is 0.350 e. The largest absolute Gasteiger partial charge is 0.465 e. The van der Waals surface area contributed by atoms with E-state index in [0.717, 1.165) is 28.5 Å². The Hall–Kier alpha value is -3.69. The fraction of sp³-hybridized carbons (Fsp3) is 0.154. The highest BCUT2D eigenvalue weighted by Gasteiger charge is 2.29. The summed E-state index contributed by atoms with van der Waals surface area (Å²) in [5.41, 5.74) is 2.35. The van der Waals surface area contributed by atoms with Crippen molar-refractivity contribution in [2.45, 2.75) is 17.7 Å². The molecule has 1 aliphatic rings. The Morgan fingerprint density at radius 1 is 0.971 bits per heavy atom. The highest BCUT2D eigenvalue weighted by Crippen LogP contribution is 2.37. The van der Waals surface area contributed by atoms with Gasteiger partial charge in [-0.3, -0.25) is 9.10 Å². The van der Waals surface area contributed by atoms with Crippen LogP contribution in [0, 0.1) is 0 Å². The van der Waals surface area contributed by atoms with Gasteiger partial charge in [0.1, 0.15) is 4.88 Å². The number of carbonyl (C=O) groups excluding carboxylic acids is 2. The monoisotopic (exact) mass is 506 g/mol. The number of sulfonamides is 1. The van der Waals surface area contributed by atoms with Gasteiger partial charge in [-0.25, -0.2) is 13.2 Å². The summed E-state index contributed by atoms with van der Waals surface area (Å²) in [6.45, 7) is 0.406. The SMILES string of the molecule is COC(=O)c1sc2ccccc2c1NC(=O)c1ccc(S(=O)(=O)N2CCCc3ccccc32)cc1. The molecule has 2 heterocycles. The molecular weight excluding hydrogens is 484 g/mol. The summed E-state index contributed by atoms with van der Waals surface area (Å²) in [4.78, 5) is 25.7. The van der Waals surface area contributed by atoms with E-state index in [1.165, 1.54) is 47.0 Å². The second-order valence-corrected chi connectivity index (χ2v) is 11.0. The number of nitrogens with zero attached hydrogens (tertiary/aromatic N) is 1. The van der Waals surface area contributed by atoms with Crippen LogP contribution in [0.15, 0.2) is 77.7 Å². The van der Waals surface area contributed by atoms with E-state index < -0.39 is 21.9 Å². The van der Waals surface area contributed by atoms with E-state index in [1.807, 2.05) is 48.5 Å². The Morgan fingerprint density at radius 3 is 2.46 bits per heavy atom. The van der Waals surface area contributed by atoms with Crippen molar-refractivity contribution >= 4 is 54.7 Å². The zero-order chi connectivity index (χ0) is 24.6. The number of fused-ring (bicyclic) bond motifs is 2.